The zero-order chi connectivity index (χ0) is 18.5. The average Bonchev–Trinajstić information content (AvgIpc) is 3.01. The van der Waals surface area contributed by atoms with Crippen molar-refractivity contribution < 1.29 is 18.7 Å². The van der Waals surface area contributed by atoms with Crippen molar-refractivity contribution in [1.82, 2.24) is 0 Å². The van der Waals surface area contributed by atoms with Crippen LogP contribution < -0.4 is 9.47 Å². The summed E-state index contributed by atoms with van der Waals surface area (Å²) < 4.78 is 24.9. The molecule has 0 fully saturated rings. The van der Waals surface area contributed by atoms with Crippen LogP contribution in [0.4, 0.5) is 4.39 Å². The molecular formula is C19H16FNO3S2. The number of aliphatic imine (C=N–C) groups is 1. The van der Waals surface area contributed by atoms with Gasteiger partial charge in [-0.15, -0.1) is 11.8 Å². The van der Waals surface area contributed by atoms with Crippen molar-refractivity contribution >= 4 is 39.9 Å². The van der Waals surface area contributed by atoms with Crippen LogP contribution in [-0.4, -0.2) is 23.6 Å². The highest BCUT2D eigenvalue weighted by Gasteiger charge is 2.21. The average molecular weight is 389 g/mol. The molecule has 2 aromatic carbocycles. The van der Waals surface area contributed by atoms with Gasteiger partial charge >= 0.3 is 0 Å². The summed E-state index contributed by atoms with van der Waals surface area (Å²) in [5.41, 5.74) is 1.68. The summed E-state index contributed by atoms with van der Waals surface area (Å²) in [5, 5.41) is 0. The SMILES string of the molecule is COc1cc(C=C2SC(SC)=NC2=O)ccc1OCc1ccc(F)cc1. The number of ether oxygens (including phenoxy) is 2. The van der Waals surface area contributed by atoms with Crippen LogP contribution in [0, 0.1) is 5.82 Å². The summed E-state index contributed by atoms with van der Waals surface area (Å²) in [5.74, 6) is 0.625. The third-order valence-corrected chi connectivity index (χ3v) is 5.54. The summed E-state index contributed by atoms with van der Waals surface area (Å²) in [6.07, 6.45) is 3.67. The van der Waals surface area contributed by atoms with Gasteiger partial charge in [-0.3, -0.25) is 4.79 Å². The zero-order valence-electron chi connectivity index (χ0n) is 14.2. The molecule has 0 atom stereocenters. The van der Waals surface area contributed by atoms with Gasteiger partial charge < -0.3 is 9.47 Å². The number of rotatable bonds is 5. The first-order chi connectivity index (χ1) is 12.6. The summed E-state index contributed by atoms with van der Waals surface area (Å²) in [7, 11) is 1.56. The lowest BCUT2D eigenvalue weighted by molar-refractivity contribution is -0.113. The Morgan fingerprint density at radius 1 is 1.19 bits per heavy atom. The van der Waals surface area contributed by atoms with Gasteiger partial charge in [0.05, 0.1) is 12.0 Å². The number of carbonyl (C=O) groups is 1. The Morgan fingerprint density at radius 3 is 2.62 bits per heavy atom. The number of halogens is 1. The normalized spacial score (nSPS) is 15.3. The lowest BCUT2D eigenvalue weighted by atomic mass is 10.2. The fraction of sp³-hybridized carbons (Fsp3) is 0.158. The predicted molar refractivity (Wildman–Crippen MR) is 105 cm³/mol. The van der Waals surface area contributed by atoms with Crippen molar-refractivity contribution in [2.45, 2.75) is 6.61 Å². The molecule has 0 radical (unpaired) electrons. The minimum absolute atomic E-state index is 0.227. The van der Waals surface area contributed by atoms with Crippen molar-refractivity contribution in [1.29, 1.82) is 0 Å². The third kappa shape index (κ3) is 4.47. The molecule has 3 rings (SSSR count). The van der Waals surface area contributed by atoms with Crippen LogP contribution in [-0.2, 0) is 11.4 Å². The number of methoxy groups -OCH3 is 1. The lowest BCUT2D eigenvalue weighted by Gasteiger charge is -2.11. The third-order valence-electron chi connectivity index (χ3n) is 3.57. The Kier molecular flexibility index (Phi) is 6.00. The Bertz CT molecular complexity index is 879. The van der Waals surface area contributed by atoms with E-state index in [0.29, 0.717) is 23.0 Å². The molecule has 1 heterocycles. The number of benzene rings is 2. The monoisotopic (exact) mass is 389 g/mol. The van der Waals surface area contributed by atoms with E-state index in [9.17, 15) is 9.18 Å². The Labute approximate surface area is 159 Å². The second kappa shape index (κ2) is 8.42. The van der Waals surface area contributed by atoms with Crippen molar-refractivity contribution in [2.75, 3.05) is 13.4 Å². The number of thioether (sulfide) groups is 2. The van der Waals surface area contributed by atoms with Crippen molar-refractivity contribution in [3.8, 4) is 11.5 Å². The van der Waals surface area contributed by atoms with E-state index in [1.54, 1.807) is 37.5 Å². The van der Waals surface area contributed by atoms with Crippen LogP contribution in [0.5, 0.6) is 11.5 Å². The molecule has 0 bridgehead atoms. The highest BCUT2D eigenvalue weighted by atomic mass is 32.2. The van der Waals surface area contributed by atoms with Gasteiger partial charge in [-0.1, -0.05) is 30.0 Å². The van der Waals surface area contributed by atoms with Crippen LogP contribution in [0.15, 0.2) is 52.4 Å². The summed E-state index contributed by atoms with van der Waals surface area (Å²) in [4.78, 5) is 16.4. The summed E-state index contributed by atoms with van der Waals surface area (Å²) >= 11 is 2.81. The molecule has 0 N–H and O–H groups in total. The van der Waals surface area contributed by atoms with Crippen LogP contribution in [0.3, 0.4) is 0 Å². The molecule has 0 spiro atoms. The highest BCUT2D eigenvalue weighted by molar-refractivity contribution is 8.40. The molecular weight excluding hydrogens is 373 g/mol. The van der Waals surface area contributed by atoms with Crippen molar-refractivity contribution in [3.63, 3.8) is 0 Å². The van der Waals surface area contributed by atoms with Gasteiger partial charge in [0.1, 0.15) is 16.8 Å². The molecule has 134 valence electrons. The number of carbonyl (C=O) groups excluding carboxylic acids is 1. The van der Waals surface area contributed by atoms with Gasteiger partial charge in [-0.25, -0.2) is 4.39 Å². The van der Waals surface area contributed by atoms with E-state index in [1.807, 2.05) is 12.3 Å². The van der Waals surface area contributed by atoms with Gasteiger partial charge in [-0.2, -0.15) is 4.99 Å². The van der Waals surface area contributed by atoms with Gasteiger partial charge in [0.2, 0.25) is 0 Å². The Morgan fingerprint density at radius 2 is 1.96 bits per heavy atom. The second-order valence-electron chi connectivity index (χ2n) is 5.32. The number of amides is 1. The van der Waals surface area contributed by atoms with E-state index in [1.165, 1.54) is 35.7 Å². The van der Waals surface area contributed by atoms with E-state index in [0.717, 1.165) is 15.5 Å². The molecule has 1 aliphatic rings. The quantitative estimate of drug-likeness (QED) is 0.691. The zero-order valence-corrected chi connectivity index (χ0v) is 15.8. The summed E-state index contributed by atoms with van der Waals surface area (Å²) in [6, 6.07) is 11.6. The fourth-order valence-electron chi connectivity index (χ4n) is 2.26. The molecule has 0 aliphatic carbocycles. The number of hydrogen-bond donors (Lipinski definition) is 0. The smallest absolute Gasteiger partial charge is 0.285 e. The van der Waals surface area contributed by atoms with Crippen LogP contribution in [0.2, 0.25) is 0 Å². The van der Waals surface area contributed by atoms with E-state index in [2.05, 4.69) is 4.99 Å². The van der Waals surface area contributed by atoms with Crippen molar-refractivity contribution in [2.24, 2.45) is 4.99 Å². The largest absolute Gasteiger partial charge is 0.493 e. The topological polar surface area (TPSA) is 47.9 Å². The molecule has 0 saturated heterocycles. The molecule has 1 amide bonds. The first-order valence-electron chi connectivity index (χ1n) is 7.71. The fourth-order valence-corrected chi connectivity index (χ4v) is 3.68. The van der Waals surface area contributed by atoms with Gasteiger partial charge in [0.15, 0.2) is 11.5 Å². The van der Waals surface area contributed by atoms with E-state index in [-0.39, 0.29) is 11.7 Å². The maximum atomic E-state index is 13.0. The maximum Gasteiger partial charge on any atom is 0.285 e. The molecule has 26 heavy (non-hydrogen) atoms. The number of nitrogens with zero attached hydrogens (tertiary/aromatic N) is 1. The second-order valence-corrected chi connectivity index (χ2v) is 7.41. The standard InChI is InChI=1S/C19H16FNO3S2/c1-23-16-9-13(10-17-18(22)21-19(25-2)26-17)5-8-15(16)24-11-12-3-6-14(20)7-4-12/h3-10H,11H2,1-2H3. The minimum atomic E-state index is -0.281. The van der Waals surface area contributed by atoms with Crippen molar-refractivity contribution in [3.05, 3.63) is 64.3 Å². The van der Waals surface area contributed by atoms with Crippen LogP contribution in [0.1, 0.15) is 11.1 Å². The van der Waals surface area contributed by atoms with Crippen LogP contribution >= 0.6 is 23.5 Å². The first-order valence-corrected chi connectivity index (χ1v) is 9.75. The molecule has 0 saturated carbocycles. The molecule has 1 aliphatic heterocycles. The molecule has 2 aromatic rings. The highest BCUT2D eigenvalue weighted by Crippen LogP contribution is 2.35. The lowest BCUT2D eigenvalue weighted by Crippen LogP contribution is -1.98. The molecule has 0 unspecified atom stereocenters. The molecule has 0 aromatic heterocycles. The van der Waals surface area contributed by atoms with E-state index >= 15 is 0 Å². The maximum absolute atomic E-state index is 13.0. The van der Waals surface area contributed by atoms with Gasteiger partial charge in [0, 0.05) is 0 Å². The minimum Gasteiger partial charge on any atom is -0.493 e. The van der Waals surface area contributed by atoms with Gasteiger partial charge in [0.25, 0.3) is 5.91 Å². The van der Waals surface area contributed by atoms with Crippen LogP contribution in [0.25, 0.3) is 6.08 Å². The van der Waals surface area contributed by atoms with E-state index < -0.39 is 0 Å². The molecule has 4 nitrogen and oxygen atoms in total. The summed E-state index contributed by atoms with van der Waals surface area (Å²) in [6.45, 7) is 0.302. The number of hydrogen-bond acceptors (Lipinski definition) is 5. The predicted octanol–water partition coefficient (Wildman–Crippen LogP) is 4.75. The Balaban J connectivity index is 1.73. The van der Waals surface area contributed by atoms with E-state index in [4.69, 9.17) is 9.47 Å². The Hall–Kier alpha value is -2.25. The molecule has 7 heteroatoms. The first kappa shape index (κ1) is 18.5. The van der Waals surface area contributed by atoms with Gasteiger partial charge in [-0.05, 0) is 47.7 Å².